The molecular formula is C18H19NOS. The van der Waals surface area contributed by atoms with Gasteiger partial charge in [-0.2, -0.15) is 0 Å². The molecule has 0 bridgehead atoms. The van der Waals surface area contributed by atoms with Crippen molar-refractivity contribution < 1.29 is 4.42 Å². The number of para-hydroxylation sites is 1. The predicted molar refractivity (Wildman–Crippen MR) is 89.8 cm³/mol. The van der Waals surface area contributed by atoms with Gasteiger partial charge in [0, 0.05) is 16.0 Å². The zero-order chi connectivity index (χ0) is 14.8. The first kappa shape index (κ1) is 14.2. The minimum atomic E-state index is -0.0943. The molecule has 0 spiro atoms. The fourth-order valence-corrected chi connectivity index (χ4v) is 3.18. The highest BCUT2D eigenvalue weighted by Crippen LogP contribution is 2.29. The van der Waals surface area contributed by atoms with Crippen LogP contribution in [0.25, 0.3) is 11.0 Å². The van der Waals surface area contributed by atoms with E-state index in [1.54, 1.807) is 11.8 Å². The van der Waals surface area contributed by atoms with Crippen molar-refractivity contribution in [1.82, 2.24) is 0 Å². The molecule has 1 unspecified atom stereocenters. The van der Waals surface area contributed by atoms with E-state index in [-0.39, 0.29) is 6.04 Å². The lowest BCUT2D eigenvalue weighted by atomic mass is 10.1. The quantitative estimate of drug-likeness (QED) is 0.700. The highest BCUT2D eigenvalue weighted by atomic mass is 32.2. The van der Waals surface area contributed by atoms with E-state index < -0.39 is 0 Å². The third kappa shape index (κ3) is 3.14. The number of hydrogen-bond donors (Lipinski definition) is 1. The first-order chi connectivity index (χ1) is 10.1. The number of fused-ring (bicyclic) bond motifs is 1. The van der Waals surface area contributed by atoms with Crippen molar-refractivity contribution in [3.8, 4) is 0 Å². The SMILES string of the molecule is Cc1ccc(SCC(N)c2cc3cccc(C)c3o2)cc1. The zero-order valence-electron chi connectivity index (χ0n) is 12.3. The van der Waals surface area contributed by atoms with E-state index >= 15 is 0 Å². The Morgan fingerprint density at radius 1 is 1.10 bits per heavy atom. The van der Waals surface area contributed by atoms with Crippen LogP contribution in [0.3, 0.4) is 0 Å². The summed E-state index contributed by atoms with van der Waals surface area (Å²) in [6.45, 7) is 4.15. The van der Waals surface area contributed by atoms with Crippen LogP contribution < -0.4 is 5.73 Å². The van der Waals surface area contributed by atoms with Crippen LogP contribution in [0.2, 0.25) is 0 Å². The largest absolute Gasteiger partial charge is 0.459 e. The van der Waals surface area contributed by atoms with Gasteiger partial charge in [0.2, 0.25) is 0 Å². The van der Waals surface area contributed by atoms with Crippen molar-refractivity contribution in [2.75, 3.05) is 5.75 Å². The Labute approximate surface area is 129 Å². The van der Waals surface area contributed by atoms with Crippen molar-refractivity contribution in [1.29, 1.82) is 0 Å². The van der Waals surface area contributed by atoms with Gasteiger partial charge in [0.15, 0.2) is 0 Å². The smallest absolute Gasteiger partial charge is 0.137 e. The molecule has 1 aromatic heterocycles. The Morgan fingerprint density at radius 3 is 2.57 bits per heavy atom. The van der Waals surface area contributed by atoms with Crippen LogP contribution in [0, 0.1) is 13.8 Å². The average Bonchev–Trinajstić information content (AvgIpc) is 2.92. The van der Waals surface area contributed by atoms with Crippen LogP contribution in [0.4, 0.5) is 0 Å². The number of hydrogen-bond acceptors (Lipinski definition) is 3. The summed E-state index contributed by atoms with van der Waals surface area (Å²) in [4.78, 5) is 1.24. The highest BCUT2D eigenvalue weighted by molar-refractivity contribution is 7.99. The van der Waals surface area contributed by atoms with E-state index in [1.807, 2.05) is 6.07 Å². The summed E-state index contributed by atoms with van der Waals surface area (Å²) >= 11 is 1.76. The molecule has 108 valence electrons. The Kier molecular flexibility index (Phi) is 4.04. The molecule has 0 aliphatic heterocycles. The summed E-state index contributed by atoms with van der Waals surface area (Å²) in [5.41, 5.74) is 9.64. The number of nitrogens with two attached hydrogens (primary N) is 1. The summed E-state index contributed by atoms with van der Waals surface area (Å²) in [7, 11) is 0. The second kappa shape index (κ2) is 5.96. The summed E-state index contributed by atoms with van der Waals surface area (Å²) < 4.78 is 5.93. The number of benzene rings is 2. The zero-order valence-corrected chi connectivity index (χ0v) is 13.1. The van der Waals surface area contributed by atoms with Crippen molar-refractivity contribution in [3.05, 3.63) is 65.4 Å². The summed E-state index contributed by atoms with van der Waals surface area (Å²) in [5, 5.41) is 1.13. The van der Waals surface area contributed by atoms with Gasteiger partial charge in [0.1, 0.15) is 11.3 Å². The topological polar surface area (TPSA) is 39.2 Å². The third-order valence-electron chi connectivity index (χ3n) is 3.58. The van der Waals surface area contributed by atoms with E-state index in [1.165, 1.54) is 10.5 Å². The number of furan rings is 1. The molecule has 1 heterocycles. The number of aryl methyl sites for hydroxylation is 2. The molecular weight excluding hydrogens is 278 g/mol. The fourth-order valence-electron chi connectivity index (χ4n) is 2.31. The maximum atomic E-state index is 6.27. The van der Waals surface area contributed by atoms with E-state index in [9.17, 15) is 0 Å². The molecule has 3 rings (SSSR count). The minimum Gasteiger partial charge on any atom is -0.459 e. The van der Waals surface area contributed by atoms with Crippen molar-refractivity contribution >= 4 is 22.7 Å². The van der Waals surface area contributed by atoms with Gasteiger partial charge in [0.05, 0.1) is 6.04 Å². The molecule has 0 saturated carbocycles. The molecule has 21 heavy (non-hydrogen) atoms. The molecule has 2 N–H and O–H groups in total. The normalized spacial score (nSPS) is 12.7. The first-order valence-electron chi connectivity index (χ1n) is 7.07. The molecule has 0 aliphatic carbocycles. The predicted octanol–water partition coefficient (Wildman–Crippen LogP) is 4.84. The highest BCUT2D eigenvalue weighted by Gasteiger charge is 2.13. The van der Waals surface area contributed by atoms with Crippen molar-refractivity contribution in [3.63, 3.8) is 0 Å². The fraction of sp³-hybridized carbons (Fsp3) is 0.222. The van der Waals surface area contributed by atoms with Gasteiger partial charge in [-0.3, -0.25) is 0 Å². The molecule has 0 amide bonds. The van der Waals surface area contributed by atoms with Gasteiger partial charge < -0.3 is 10.2 Å². The maximum absolute atomic E-state index is 6.27. The van der Waals surface area contributed by atoms with Gasteiger partial charge in [-0.05, 0) is 37.6 Å². The third-order valence-corrected chi connectivity index (χ3v) is 4.71. The van der Waals surface area contributed by atoms with Crippen LogP contribution in [0.5, 0.6) is 0 Å². The Balaban J connectivity index is 1.73. The summed E-state index contributed by atoms with van der Waals surface area (Å²) in [5.74, 6) is 1.67. The summed E-state index contributed by atoms with van der Waals surface area (Å²) in [6, 6.07) is 16.6. The van der Waals surface area contributed by atoms with Crippen LogP contribution in [0.1, 0.15) is 22.9 Å². The maximum Gasteiger partial charge on any atom is 0.137 e. The van der Waals surface area contributed by atoms with Crippen LogP contribution in [-0.4, -0.2) is 5.75 Å². The van der Waals surface area contributed by atoms with Gasteiger partial charge in [-0.1, -0.05) is 35.9 Å². The second-order valence-electron chi connectivity index (χ2n) is 5.37. The lowest BCUT2D eigenvalue weighted by Gasteiger charge is -2.08. The lowest BCUT2D eigenvalue weighted by molar-refractivity contribution is 0.514. The molecule has 1 atom stereocenters. The molecule has 3 aromatic rings. The number of rotatable bonds is 4. The van der Waals surface area contributed by atoms with Crippen molar-refractivity contribution in [2.45, 2.75) is 24.8 Å². The van der Waals surface area contributed by atoms with E-state index in [4.69, 9.17) is 10.2 Å². The minimum absolute atomic E-state index is 0.0943. The van der Waals surface area contributed by atoms with Crippen LogP contribution in [-0.2, 0) is 0 Å². The standard InChI is InChI=1S/C18H19NOS/c1-12-6-8-15(9-7-12)21-11-16(19)17-10-14-5-3-4-13(2)18(14)20-17/h3-10,16H,11,19H2,1-2H3. The summed E-state index contributed by atoms with van der Waals surface area (Å²) in [6.07, 6.45) is 0. The van der Waals surface area contributed by atoms with Gasteiger partial charge in [0.25, 0.3) is 0 Å². The molecule has 0 radical (unpaired) electrons. The Bertz CT molecular complexity index is 746. The van der Waals surface area contributed by atoms with Gasteiger partial charge in [-0.25, -0.2) is 0 Å². The Morgan fingerprint density at radius 2 is 1.86 bits per heavy atom. The molecule has 0 fully saturated rings. The number of thioether (sulfide) groups is 1. The van der Waals surface area contributed by atoms with Gasteiger partial charge in [-0.15, -0.1) is 11.8 Å². The molecule has 3 heteroatoms. The second-order valence-corrected chi connectivity index (χ2v) is 6.47. The van der Waals surface area contributed by atoms with E-state index in [0.717, 1.165) is 28.0 Å². The first-order valence-corrected chi connectivity index (χ1v) is 8.06. The van der Waals surface area contributed by atoms with Crippen LogP contribution >= 0.6 is 11.8 Å². The molecule has 0 saturated heterocycles. The van der Waals surface area contributed by atoms with E-state index in [0.29, 0.717) is 0 Å². The monoisotopic (exact) mass is 297 g/mol. The van der Waals surface area contributed by atoms with Gasteiger partial charge >= 0.3 is 0 Å². The lowest BCUT2D eigenvalue weighted by Crippen LogP contribution is -2.11. The molecule has 2 nitrogen and oxygen atoms in total. The molecule has 0 aliphatic rings. The van der Waals surface area contributed by atoms with Crippen LogP contribution in [0.15, 0.2) is 57.8 Å². The average molecular weight is 297 g/mol. The Hall–Kier alpha value is -1.71. The van der Waals surface area contributed by atoms with E-state index in [2.05, 4.69) is 56.3 Å². The van der Waals surface area contributed by atoms with Crippen molar-refractivity contribution in [2.24, 2.45) is 5.73 Å². The molecule has 2 aromatic carbocycles.